The summed E-state index contributed by atoms with van der Waals surface area (Å²) in [5, 5.41) is 20.6. The lowest BCUT2D eigenvalue weighted by Crippen LogP contribution is -2.32. The molecule has 0 fully saturated rings. The highest BCUT2D eigenvalue weighted by Gasteiger charge is 2.22. The number of benzene rings is 2. The molecule has 1 heterocycles. The third-order valence-corrected chi connectivity index (χ3v) is 5.26. The first-order valence-corrected chi connectivity index (χ1v) is 11.0. The van der Waals surface area contributed by atoms with Gasteiger partial charge in [-0.05, 0) is 62.1 Å². The second kappa shape index (κ2) is 10.1. The number of hydrogen-bond donors (Lipinski definition) is 2. The maximum absolute atomic E-state index is 12.6. The Hall–Kier alpha value is -3.66. The zero-order valence-electron chi connectivity index (χ0n) is 17.7. The number of aromatic nitrogens is 3. The Kier molecular flexibility index (Phi) is 7.26. The van der Waals surface area contributed by atoms with Gasteiger partial charge < -0.3 is 15.2 Å². The average Bonchev–Trinajstić information content (AvgIpc) is 3.17. The quantitative estimate of drug-likeness (QED) is 0.391. The molecule has 0 saturated carbocycles. The van der Waals surface area contributed by atoms with Crippen molar-refractivity contribution >= 4 is 35.3 Å². The smallest absolute Gasteiger partial charge is 0.338 e. The molecule has 2 N–H and O–H groups in total. The van der Waals surface area contributed by atoms with Crippen LogP contribution in [0, 0.1) is 6.92 Å². The van der Waals surface area contributed by atoms with E-state index < -0.39 is 23.9 Å². The maximum atomic E-state index is 12.6. The molecule has 0 bridgehead atoms. The van der Waals surface area contributed by atoms with Crippen LogP contribution in [0.3, 0.4) is 0 Å². The molecule has 1 aromatic heterocycles. The lowest BCUT2D eigenvalue weighted by Gasteiger charge is -2.16. The number of aryl methyl sites for hydroxylation is 1. The number of thioether (sulfide) groups is 1. The summed E-state index contributed by atoms with van der Waals surface area (Å²) >= 11 is 1.46. The monoisotopic (exact) mass is 454 g/mol. The van der Waals surface area contributed by atoms with E-state index in [0.29, 0.717) is 11.3 Å². The van der Waals surface area contributed by atoms with Crippen molar-refractivity contribution in [1.29, 1.82) is 0 Å². The van der Waals surface area contributed by atoms with Gasteiger partial charge in [-0.25, -0.2) is 9.59 Å². The number of carbonyl (C=O) groups is 3. The van der Waals surface area contributed by atoms with E-state index in [-0.39, 0.29) is 12.0 Å². The number of anilines is 1. The molecule has 3 aromatic rings. The lowest BCUT2D eigenvalue weighted by atomic mass is 10.2. The number of nitrogens with one attached hydrogen (secondary N) is 1. The molecule has 2 aromatic carbocycles. The summed E-state index contributed by atoms with van der Waals surface area (Å²) in [7, 11) is 0. The van der Waals surface area contributed by atoms with E-state index in [9.17, 15) is 14.4 Å². The van der Waals surface area contributed by atoms with Crippen LogP contribution in [-0.2, 0) is 9.53 Å². The van der Waals surface area contributed by atoms with Crippen molar-refractivity contribution in [2.75, 3.05) is 11.6 Å². The fourth-order valence-electron chi connectivity index (χ4n) is 2.99. The first kappa shape index (κ1) is 23.0. The molecule has 0 aliphatic heterocycles. The van der Waals surface area contributed by atoms with Gasteiger partial charge in [-0.1, -0.05) is 24.8 Å². The number of carbonyl (C=O) groups excluding carboxylic acids is 2. The Morgan fingerprint density at radius 2 is 1.84 bits per heavy atom. The Morgan fingerprint density at radius 1 is 1.12 bits per heavy atom. The van der Waals surface area contributed by atoms with Crippen molar-refractivity contribution in [3.05, 3.63) is 65.5 Å². The number of aromatic carboxylic acids is 1. The van der Waals surface area contributed by atoms with Gasteiger partial charge in [0.25, 0.3) is 5.91 Å². The van der Waals surface area contributed by atoms with Crippen LogP contribution < -0.4 is 5.32 Å². The van der Waals surface area contributed by atoms with Crippen LogP contribution in [0.4, 0.5) is 5.69 Å². The molecular formula is C22H22N4O5S. The van der Waals surface area contributed by atoms with Crippen LogP contribution in [0.1, 0.15) is 39.9 Å². The van der Waals surface area contributed by atoms with Crippen LogP contribution in [0.15, 0.2) is 53.7 Å². The first-order valence-electron chi connectivity index (χ1n) is 9.75. The number of carboxylic acid groups (broad SMARTS) is 1. The van der Waals surface area contributed by atoms with Crippen LogP contribution >= 0.6 is 11.8 Å². The predicted molar refractivity (Wildman–Crippen MR) is 119 cm³/mol. The zero-order chi connectivity index (χ0) is 23.3. The normalized spacial score (nSPS) is 11.6. The molecule has 1 amide bonds. The molecule has 0 saturated heterocycles. The number of hydrogen-bond acceptors (Lipinski definition) is 7. The second-order valence-corrected chi connectivity index (χ2v) is 7.57. The van der Waals surface area contributed by atoms with E-state index in [1.54, 1.807) is 37.3 Å². The molecule has 32 heavy (non-hydrogen) atoms. The molecule has 166 valence electrons. The number of amides is 1. The van der Waals surface area contributed by atoms with Crippen molar-refractivity contribution in [2.24, 2.45) is 0 Å². The summed E-state index contributed by atoms with van der Waals surface area (Å²) in [6.45, 7) is 3.55. The van der Waals surface area contributed by atoms with Gasteiger partial charge in [0.05, 0.1) is 11.1 Å². The highest BCUT2D eigenvalue weighted by atomic mass is 32.2. The highest BCUT2D eigenvalue weighted by molar-refractivity contribution is 7.98. The molecule has 1 atom stereocenters. The maximum Gasteiger partial charge on any atom is 0.338 e. The molecule has 0 radical (unpaired) electrons. The van der Waals surface area contributed by atoms with Gasteiger partial charge in [-0.15, -0.1) is 10.2 Å². The molecule has 0 spiro atoms. The minimum atomic E-state index is -1.10. The second-order valence-electron chi connectivity index (χ2n) is 6.79. The molecule has 3 rings (SSSR count). The third-order valence-electron chi connectivity index (χ3n) is 4.63. The van der Waals surface area contributed by atoms with Gasteiger partial charge in [0, 0.05) is 11.4 Å². The van der Waals surface area contributed by atoms with E-state index in [2.05, 4.69) is 15.5 Å². The van der Waals surface area contributed by atoms with Crippen molar-refractivity contribution in [1.82, 2.24) is 14.8 Å². The van der Waals surface area contributed by atoms with Crippen LogP contribution in [0.25, 0.3) is 5.69 Å². The summed E-state index contributed by atoms with van der Waals surface area (Å²) in [6.07, 6.45) is 1.13. The summed E-state index contributed by atoms with van der Waals surface area (Å²) in [5.41, 5.74) is 1.45. The molecule has 10 heteroatoms. The Labute approximate surface area is 188 Å². The fourth-order valence-corrected chi connectivity index (χ4v) is 3.53. The van der Waals surface area contributed by atoms with E-state index in [1.807, 2.05) is 17.7 Å². The molecule has 0 aliphatic rings. The molecular weight excluding hydrogens is 432 g/mol. The lowest BCUT2D eigenvalue weighted by molar-refractivity contribution is -0.124. The average molecular weight is 455 g/mol. The highest BCUT2D eigenvalue weighted by Crippen LogP contribution is 2.20. The SMILES string of the molecule is CCC(OC(=O)c1ccc(-n2c(C)nnc2SC)cc1)C(=O)Nc1cccc(C(=O)O)c1. The van der Waals surface area contributed by atoms with Gasteiger partial charge in [0.15, 0.2) is 11.3 Å². The summed E-state index contributed by atoms with van der Waals surface area (Å²) in [5.74, 6) is -1.55. The van der Waals surface area contributed by atoms with Gasteiger partial charge >= 0.3 is 11.9 Å². The fraction of sp³-hybridized carbons (Fsp3) is 0.227. The number of ether oxygens (including phenoxy) is 1. The van der Waals surface area contributed by atoms with E-state index in [1.165, 1.54) is 30.0 Å². The predicted octanol–water partition coefficient (Wildman–Crippen LogP) is 3.57. The first-order chi connectivity index (χ1) is 15.3. The molecule has 1 unspecified atom stereocenters. The van der Waals surface area contributed by atoms with Gasteiger partial charge in [-0.3, -0.25) is 9.36 Å². The summed E-state index contributed by atoms with van der Waals surface area (Å²) in [6, 6.07) is 12.6. The minimum Gasteiger partial charge on any atom is -0.478 e. The standard InChI is InChI=1S/C22H22N4O5S/c1-4-18(19(27)23-16-7-5-6-15(12-16)20(28)29)31-21(30)14-8-10-17(11-9-14)26-13(2)24-25-22(26)32-3/h5-12,18H,4H2,1-3H3,(H,23,27)(H,28,29). The van der Waals surface area contributed by atoms with Crippen molar-refractivity contribution in [2.45, 2.75) is 31.5 Å². The Balaban J connectivity index is 1.69. The van der Waals surface area contributed by atoms with Crippen LogP contribution in [0.2, 0.25) is 0 Å². The Morgan fingerprint density at radius 3 is 2.47 bits per heavy atom. The summed E-state index contributed by atoms with van der Waals surface area (Å²) < 4.78 is 7.26. The number of carboxylic acids is 1. The molecule has 0 aliphatic carbocycles. The van der Waals surface area contributed by atoms with Gasteiger partial charge in [-0.2, -0.15) is 0 Å². The third kappa shape index (κ3) is 5.14. The van der Waals surface area contributed by atoms with Crippen LogP contribution in [0.5, 0.6) is 0 Å². The van der Waals surface area contributed by atoms with Gasteiger partial charge in [0.1, 0.15) is 5.82 Å². The van der Waals surface area contributed by atoms with Crippen molar-refractivity contribution in [3.63, 3.8) is 0 Å². The van der Waals surface area contributed by atoms with Crippen molar-refractivity contribution in [3.8, 4) is 5.69 Å². The minimum absolute atomic E-state index is 0.0425. The van der Waals surface area contributed by atoms with E-state index in [0.717, 1.165) is 16.7 Å². The zero-order valence-corrected chi connectivity index (χ0v) is 18.5. The summed E-state index contributed by atoms with van der Waals surface area (Å²) in [4.78, 5) is 36.2. The number of nitrogens with zero attached hydrogens (tertiary/aromatic N) is 3. The Bertz CT molecular complexity index is 1140. The number of esters is 1. The van der Waals surface area contributed by atoms with Crippen molar-refractivity contribution < 1.29 is 24.2 Å². The van der Waals surface area contributed by atoms with Crippen LogP contribution in [-0.4, -0.2) is 50.1 Å². The molecule has 9 nitrogen and oxygen atoms in total. The van der Waals surface area contributed by atoms with E-state index >= 15 is 0 Å². The topological polar surface area (TPSA) is 123 Å². The number of rotatable bonds is 8. The largest absolute Gasteiger partial charge is 0.478 e. The van der Waals surface area contributed by atoms with E-state index in [4.69, 9.17) is 9.84 Å². The van der Waals surface area contributed by atoms with Gasteiger partial charge in [0.2, 0.25) is 0 Å².